The molecule has 1 fully saturated rings. The second-order valence-electron chi connectivity index (χ2n) is 5.14. The van der Waals surface area contributed by atoms with Crippen molar-refractivity contribution in [2.75, 3.05) is 23.1 Å². The van der Waals surface area contributed by atoms with E-state index in [9.17, 15) is 4.79 Å². The predicted molar refractivity (Wildman–Crippen MR) is 96.8 cm³/mol. The van der Waals surface area contributed by atoms with Crippen LogP contribution in [0.4, 0.5) is 5.69 Å². The average Bonchev–Trinajstić information content (AvgIpc) is 3.09. The molecule has 120 valence electrons. The highest BCUT2D eigenvalue weighted by Crippen LogP contribution is 2.25. The second kappa shape index (κ2) is 7.75. The molecule has 3 rings (SSSR count). The molecule has 1 aromatic heterocycles. The Balaban J connectivity index is 1.73. The van der Waals surface area contributed by atoms with E-state index in [-0.39, 0.29) is 12.0 Å². The van der Waals surface area contributed by atoms with Gasteiger partial charge in [-0.1, -0.05) is 0 Å². The number of benzene rings is 1. The van der Waals surface area contributed by atoms with E-state index in [1.807, 2.05) is 42.3 Å². The van der Waals surface area contributed by atoms with Crippen LogP contribution in [0, 0.1) is 0 Å². The van der Waals surface area contributed by atoms with Gasteiger partial charge in [-0.25, -0.2) is 4.98 Å². The maximum absolute atomic E-state index is 12.5. The van der Waals surface area contributed by atoms with Crippen molar-refractivity contribution < 1.29 is 9.53 Å². The van der Waals surface area contributed by atoms with Crippen LogP contribution in [0.25, 0.3) is 0 Å². The van der Waals surface area contributed by atoms with Crippen molar-refractivity contribution in [2.24, 2.45) is 0 Å². The Morgan fingerprint density at radius 1 is 1.35 bits per heavy atom. The largest absolute Gasteiger partial charge is 0.473 e. The van der Waals surface area contributed by atoms with E-state index < -0.39 is 0 Å². The molecule has 2 heterocycles. The first-order valence-electron chi connectivity index (χ1n) is 7.41. The maximum Gasteiger partial charge on any atom is 0.261 e. The lowest BCUT2D eigenvalue weighted by Gasteiger charge is -2.14. The third-order valence-electron chi connectivity index (χ3n) is 3.53. The highest BCUT2D eigenvalue weighted by Gasteiger charge is 2.21. The molecule has 0 saturated carbocycles. The summed E-state index contributed by atoms with van der Waals surface area (Å²) in [5.74, 6) is 2.27. The first-order chi connectivity index (χ1) is 11.3. The van der Waals surface area contributed by atoms with Crippen LogP contribution in [0.3, 0.4) is 0 Å². The minimum absolute atomic E-state index is 0.141. The van der Waals surface area contributed by atoms with Gasteiger partial charge in [0, 0.05) is 22.5 Å². The summed E-state index contributed by atoms with van der Waals surface area (Å²) in [7, 11) is 0. The molecule has 0 radical (unpaired) electrons. The monoisotopic (exact) mass is 346 g/mol. The number of anilines is 1. The molecule has 2 aromatic rings. The molecule has 1 aliphatic heterocycles. The summed E-state index contributed by atoms with van der Waals surface area (Å²) in [6.45, 7) is 0. The van der Waals surface area contributed by atoms with Crippen LogP contribution in [-0.4, -0.2) is 34.8 Å². The van der Waals surface area contributed by atoms with Crippen molar-refractivity contribution in [1.82, 2.24) is 4.98 Å². The number of pyridine rings is 1. The number of amides is 1. The topological polar surface area (TPSA) is 51.2 Å². The molecule has 1 aliphatic rings. The first-order valence-corrected chi connectivity index (χ1v) is 9.79. The SMILES string of the molecule is CSc1ccc(NC(=O)c2cccnc2OC2CCSC2)cc1. The third kappa shape index (κ3) is 4.20. The Kier molecular flexibility index (Phi) is 5.46. The first kappa shape index (κ1) is 16.2. The molecule has 6 heteroatoms. The van der Waals surface area contributed by atoms with Crippen molar-refractivity contribution >= 4 is 35.1 Å². The summed E-state index contributed by atoms with van der Waals surface area (Å²) < 4.78 is 5.91. The highest BCUT2D eigenvalue weighted by molar-refractivity contribution is 7.99. The van der Waals surface area contributed by atoms with Gasteiger partial charge >= 0.3 is 0 Å². The fourth-order valence-corrected chi connectivity index (χ4v) is 3.80. The van der Waals surface area contributed by atoms with Crippen LogP contribution >= 0.6 is 23.5 Å². The van der Waals surface area contributed by atoms with Crippen LogP contribution in [0.1, 0.15) is 16.8 Å². The van der Waals surface area contributed by atoms with Gasteiger partial charge in [0.25, 0.3) is 5.91 Å². The minimum atomic E-state index is -0.198. The van der Waals surface area contributed by atoms with Gasteiger partial charge in [0.2, 0.25) is 5.88 Å². The quantitative estimate of drug-likeness (QED) is 0.831. The number of hydrogen-bond acceptors (Lipinski definition) is 5. The Morgan fingerprint density at radius 2 is 2.17 bits per heavy atom. The normalized spacial score (nSPS) is 17.0. The van der Waals surface area contributed by atoms with Crippen LogP contribution in [0.5, 0.6) is 5.88 Å². The molecule has 1 N–H and O–H groups in total. The van der Waals surface area contributed by atoms with E-state index in [0.717, 1.165) is 28.5 Å². The number of carbonyl (C=O) groups is 1. The number of ether oxygens (including phenoxy) is 1. The number of nitrogens with one attached hydrogen (secondary N) is 1. The van der Waals surface area contributed by atoms with Crippen molar-refractivity contribution in [1.29, 1.82) is 0 Å². The van der Waals surface area contributed by atoms with Crippen molar-refractivity contribution in [2.45, 2.75) is 17.4 Å². The van der Waals surface area contributed by atoms with Gasteiger partial charge in [-0.15, -0.1) is 11.8 Å². The molecule has 1 aromatic carbocycles. The van der Waals surface area contributed by atoms with Crippen molar-refractivity contribution in [3.05, 3.63) is 48.2 Å². The van der Waals surface area contributed by atoms with Crippen LogP contribution < -0.4 is 10.1 Å². The Labute approximate surface area is 144 Å². The highest BCUT2D eigenvalue weighted by atomic mass is 32.2. The summed E-state index contributed by atoms with van der Waals surface area (Å²) in [5.41, 5.74) is 1.23. The van der Waals surface area contributed by atoms with E-state index in [0.29, 0.717) is 11.4 Å². The van der Waals surface area contributed by atoms with Crippen LogP contribution in [0.2, 0.25) is 0 Å². The van der Waals surface area contributed by atoms with E-state index in [2.05, 4.69) is 10.3 Å². The third-order valence-corrected chi connectivity index (χ3v) is 5.41. The van der Waals surface area contributed by atoms with Crippen LogP contribution in [-0.2, 0) is 0 Å². The van der Waals surface area contributed by atoms with Crippen molar-refractivity contribution in [3.8, 4) is 5.88 Å². The number of aromatic nitrogens is 1. The molecule has 0 bridgehead atoms. The molecule has 0 aliphatic carbocycles. The van der Waals surface area contributed by atoms with E-state index >= 15 is 0 Å². The summed E-state index contributed by atoms with van der Waals surface area (Å²) >= 11 is 3.53. The molecular weight excluding hydrogens is 328 g/mol. The molecule has 23 heavy (non-hydrogen) atoms. The van der Waals surface area contributed by atoms with E-state index in [1.54, 1.807) is 30.1 Å². The van der Waals surface area contributed by atoms with Crippen molar-refractivity contribution in [3.63, 3.8) is 0 Å². The van der Waals surface area contributed by atoms with E-state index in [4.69, 9.17) is 4.74 Å². The Bertz CT molecular complexity index is 671. The van der Waals surface area contributed by atoms with Gasteiger partial charge in [0.1, 0.15) is 11.7 Å². The fraction of sp³-hybridized carbons (Fsp3) is 0.294. The average molecular weight is 346 g/mol. The summed E-state index contributed by atoms with van der Waals surface area (Å²) in [5, 5.41) is 2.90. The molecule has 1 unspecified atom stereocenters. The second-order valence-corrected chi connectivity index (χ2v) is 7.17. The number of thioether (sulfide) groups is 2. The Hall–Kier alpha value is -1.66. The lowest BCUT2D eigenvalue weighted by atomic mass is 10.2. The summed E-state index contributed by atoms with van der Waals surface area (Å²) in [4.78, 5) is 17.9. The molecule has 1 amide bonds. The molecule has 1 saturated heterocycles. The lowest BCUT2D eigenvalue weighted by Crippen LogP contribution is -2.20. The zero-order valence-corrected chi connectivity index (χ0v) is 14.5. The van der Waals surface area contributed by atoms with Crippen LogP contribution in [0.15, 0.2) is 47.5 Å². The fourth-order valence-electron chi connectivity index (χ4n) is 2.29. The molecular formula is C17H18N2O2S2. The summed E-state index contributed by atoms with van der Waals surface area (Å²) in [6, 6.07) is 11.3. The maximum atomic E-state index is 12.5. The number of carbonyl (C=O) groups excluding carboxylic acids is 1. The number of hydrogen-bond donors (Lipinski definition) is 1. The van der Waals surface area contributed by atoms with Gasteiger partial charge in [0.05, 0.1) is 0 Å². The predicted octanol–water partition coefficient (Wildman–Crippen LogP) is 3.94. The van der Waals surface area contributed by atoms with Gasteiger partial charge in [-0.2, -0.15) is 11.8 Å². The standard InChI is InChI=1S/C17H18N2O2S2/c1-22-14-6-4-12(5-7-14)19-16(20)15-3-2-9-18-17(15)21-13-8-10-23-11-13/h2-7,9,13H,8,10-11H2,1H3,(H,19,20). The number of rotatable bonds is 5. The van der Waals surface area contributed by atoms with Gasteiger partial charge in [-0.3, -0.25) is 4.79 Å². The summed E-state index contributed by atoms with van der Waals surface area (Å²) in [6.07, 6.45) is 4.82. The molecule has 4 nitrogen and oxygen atoms in total. The molecule has 0 spiro atoms. The lowest BCUT2D eigenvalue weighted by molar-refractivity contribution is 0.101. The van der Waals surface area contributed by atoms with Gasteiger partial charge in [-0.05, 0) is 54.8 Å². The molecule has 1 atom stereocenters. The number of nitrogens with zero attached hydrogens (tertiary/aromatic N) is 1. The zero-order valence-electron chi connectivity index (χ0n) is 12.8. The van der Waals surface area contributed by atoms with Gasteiger partial charge in [0.15, 0.2) is 0 Å². The smallest absolute Gasteiger partial charge is 0.261 e. The Morgan fingerprint density at radius 3 is 2.87 bits per heavy atom. The zero-order chi connectivity index (χ0) is 16.1. The minimum Gasteiger partial charge on any atom is -0.473 e. The van der Waals surface area contributed by atoms with Gasteiger partial charge < -0.3 is 10.1 Å². The van der Waals surface area contributed by atoms with E-state index in [1.165, 1.54) is 0 Å².